The Balaban J connectivity index is 1.91. The first kappa shape index (κ1) is 21.3. The minimum absolute atomic E-state index is 0.0198. The zero-order valence-corrected chi connectivity index (χ0v) is 16.9. The minimum atomic E-state index is -2.75. The summed E-state index contributed by atoms with van der Waals surface area (Å²) < 4.78 is 33.0. The van der Waals surface area contributed by atoms with Gasteiger partial charge in [-0.3, -0.25) is 11.2 Å². The van der Waals surface area contributed by atoms with E-state index in [9.17, 15) is 8.78 Å². The Morgan fingerprint density at radius 2 is 2.00 bits per heavy atom. The SMILES string of the molecule is CNC(C)C(NC1(/C(N)=C/NN)CC(F)(F)C1)/C(C)=C/c1ccc2occc2c1. The second-order valence-electron chi connectivity index (χ2n) is 7.86. The van der Waals surface area contributed by atoms with E-state index in [-0.39, 0.29) is 30.6 Å². The summed E-state index contributed by atoms with van der Waals surface area (Å²) in [4.78, 5) is 0. The monoisotopic (exact) mass is 405 g/mol. The number of fused-ring (bicyclic) bond motifs is 1. The number of benzene rings is 1. The van der Waals surface area contributed by atoms with Crippen LogP contribution in [-0.2, 0) is 0 Å². The molecule has 1 aliphatic carbocycles. The molecule has 3 rings (SSSR count). The van der Waals surface area contributed by atoms with Crippen molar-refractivity contribution in [1.29, 1.82) is 0 Å². The zero-order valence-electron chi connectivity index (χ0n) is 16.9. The maximum absolute atomic E-state index is 13.8. The first-order valence-electron chi connectivity index (χ1n) is 9.60. The standard InChI is InChI=1S/C21H29F2N5O/c1-13(8-15-4-5-17-16(9-15)6-7-29-17)19(14(2)26-3)28-20(18(24)10-27-25)11-21(22,23)12-20/h4-10,14,19,26-28H,11-12,24-25H2,1-3H3/b13-8+,18-10-. The van der Waals surface area contributed by atoms with E-state index in [0.717, 1.165) is 22.1 Å². The van der Waals surface area contributed by atoms with Crippen LogP contribution in [0.5, 0.6) is 0 Å². The predicted molar refractivity (Wildman–Crippen MR) is 112 cm³/mol. The second-order valence-corrected chi connectivity index (χ2v) is 7.86. The van der Waals surface area contributed by atoms with Crippen molar-refractivity contribution in [3.63, 3.8) is 0 Å². The van der Waals surface area contributed by atoms with Gasteiger partial charge in [-0.2, -0.15) is 0 Å². The highest BCUT2D eigenvalue weighted by Gasteiger charge is 2.58. The van der Waals surface area contributed by atoms with E-state index < -0.39 is 11.5 Å². The van der Waals surface area contributed by atoms with Crippen LogP contribution in [0.3, 0.4) is 0 Å². The Morgan fingerprint density at radius 3 is 2.62 bits per heavy atom. The van der Waals surface area contributed by atoms with Crippen LogP contribution in [0.1, 0.15) is 32.3 Å². The van der Waals surface area contributed by atoms with Crippen molar-refractivity contribution < 1.29 is 13.2 Å². The lowest BCUT2D eigenvalue weighted by atomic mass is 9.70. The van der Waals surface area contributed by atoms with E-state index in [1.807, 2.05) is 51.2 Å². The number of furan rings is 1. The van der Waals surface area contributed by atoms with Gasteiger partial charge in [0.2, 0.25) is 0 Å². The summed E-state index contributed by atoms with van der Waals surface area (Å²) in [7, 11) is 1.84. The lowest BCUT2D eigenvalue weighted by Crippen LogP contribution is -2.68. The third-order valence-corrected chi connectivity index (χ3v) is 5.66. The smallest absolute Gasteiger partial charge is 0.252 e. The molecule has 1 fully saturated rings. The summed E-state index contributed by atoms with van der Waals surface area (Å²) in [6, 6.07) is 7.58. The summed E-state index contributed by atoms with van der Waals surface area (Å²) in [6.45, 7) is 3.98. The molecule has 1 aromatic heterocycles. The quantitative estimate of drug-likeness (QED) is 0.342. The average molecular weight is 405 g/mol. The van der Waals surface area contributed by atoms with Gasteiger partial charge in [0.25, 0.3) is 5.92 Å². The average Bonchev–Trinajstić information content (AvgIpc) is 3.11. The number of hydrogen-bond donors (Lipinski definition) is 5. The predicted octanol–water partition coefficient (Wildman–Crippen LogP) is 2.83. The van der Waals surface area contributed by atoms with Crippen LogP contribution >= 0.6 is 0 Å². The van der Waals surface area contributed by atoms with Gasteiger partial charge in [0.15, 0.2) is 0 Å². The van der Waals surface area contributed by atoms with Crippen LogP contribution in [0.25, 0.3) is 17.0 Å². The van der Waals surface area contributed by atoms with Gasteiger partial charge in [-0.1, -0.05) is 17.7 Å². The summed E-state index contributed by atoms with van der Waals surface area (Å²) in [5, 5.41) is 7.61. The lowest BCUT2D eigenvalue weighted by Gasteiger charge is -2.50. The molecule has 29 heavy (non-hydrogen) atoms. The summed E-state index contributed by atoms with van der Waals surface area (Å²) in [5.41, 5.74) is 10.5. The maximum atomic E-state index is 13.8. The molecule has 8 heteroatoms. The molecule has 6 nitrogen and oxygen atoms in total. The first-order valence-corrected chi connectivity index (χ1v) is 9.60. The first-order chi connectivity index (χ1) is 13.7. The number of likely N-dealkylation sites (N-methyl/N-ethyl adjacent to an activating group) is 1. The number of hydrogen-bond acceptors (Lipinski definition) is 6. The van der Waals surface area contributed by atoms with Crippen molar-refractivity contribution in [1.82, 2.24) is 16.1 Å². The third-order valence-electron chi connectivity index (χ3n) is 5.66. The van der Waals surface area contributed by atoms with Gasteiger partial charge in [-0.15, -0.1) is 0 Å². The van der Waals surface area contributed by atoms with E-state index in [1.54, 1.807) is 6.26 Å². The molecule has 1 aromatic carbocycles. The molecular formula is C21H29F2N5O. The van der Waals surface area contributed by atoms with Crippen molar-refractivity contribution in [2.75, 3.05) is 7.05 Å². The number of halogens is 2. The van der Waals surface area contributed by atoms with Gasteiger partial charge in [0, 0.05) is 42.2 Å². The molecule has 7 N–H and O–H groups in total. The Kier molecular flexibility index (Phi) is 5.97. The van der Waals surface area contributed by atoms with Crippen LogP contribution < -0.4 is 27.6 Å². The van der Waals surface area contributed by atoms with Crippen molar-refractivity contribution in [2.24, 2.45) is 11.6 Å². The topological polar surface area (TPSA) is 101 Å². The normalized spacial score (nSPS) is 20.9. The summed E-state index contributed by atoms with van der Waals surface area (Å²) in [6.07, 6.45) is 4.33. The fourth-order valence-electron chi connectivity index (χ4n) is 3.97. The molecule has 1 saturated carbocycles. The van der Waals surface area contributed by atoms with Crippen LogP contribution in [0, 0.1) is 0 Å². The van der Waals surface area contributed by atoms with Crippen molar-refractivity contribution in [3.05, 3.63) is 53.6 Å². The Hall–Kier alpha value is -2.42. The molecule has 0 bridgehead atoms. The summed E-state index contributed by atoms with van der Waals surface area (Å²) in [5.74, 6) is 2.58. The Labute approximate surface area is 169 Å². The summed E-state index contributed by atoms with van der Waals surface area (Å²) >= 11 is 0. The number of hydrazine groups is 1. The van der Waals surface area contributed by atoms with Crippen molar-refractivity contribution >= 4 is 17.0 Å². The number of nitrogens with two attached hydrogens (primary N) is 2. The highest BCUT2D eigenvalue weighted by Crippen LogP contribution is 2.48. The maximum Gasteiger partial charge on any atom is 0.252 e. The third kappa shape index (κ3) is 4.44. The molecule has 1 aliphatic rings. The Morgan fingerprint density at radius 1 is 1.28 bits per heavy atom. The van der Waals surface area contributed by atoms with Crippen molar-refractivity contribution in [2.45, 2.75) is 50.2 Å². The zero-order chi connectivity index (χ0) is 21.2. The Bertz CT molecular complexity index is 913. The van der Waals surface area contributed by atoms with Crippen LogP contribution in [0.4, 0.5) is 8.78 Å². The van der Waals surface area contributed by atoms with Gasteiger partial charge >= 0.3 is 0 Å². The van der Waals surface area contributed by atoms with Gasteiger partial charge in [0.1, 0.15) is 5.58 Å². The molecular weight excluding hydrogens is 376 g/mol. The molecule has 0 spiro atoms. The molecule has 158 valence electrons. The lowest BCUT2D eigenvalue weighted by molar-refractivity contribution is -0.124. The molecule has 0 amide bonds. The number of rotatable bonds is 8. The molecule has 0 aliphatic heterocycles. The van der Waals surface area contributed by atoms with Crippen molar-refractivity contribution in [3.8, 4) is 0 Å². The van der Waals surface area contributed by atoms with Gasteiger partial charge in [-0.05, 0) is 44.7 Å². The van der Waals surface area contributed by atoms with Crippen LogP contribution in [-0.4, -0.2) is 30.6 Å². The van der Waals surface area contributed by atoms with Gasteiger partial charge in [-0.25, -0.2) is 8.78 Å². The molecule has 2 atom stereocenters. The second kappa shape index (κ2) is 8.14. The number of alkyl halides is 2. The van der Waals surface area contributed by atoms with Crippen LogP contribution in [0.15, 0.2) is 52.4 Å². The minimum Gasteiger partial charge on any atom is -0.464 e. The molecule has 2 aromatic rings. The molecule has 1 heterocycles. The highest BCUT2D eigenvalue weighted by atomic mass is 19.3. The molecule has 0 radical (unpaired) electrons. The van der Waals surface area contributed by atoms with E-state index in [0.29, 0.717) is 0 Å². The highest BCUT2D eigenvalue weighted by molar-refractivity contribution is 5.80. The fraction of sp³-hybridized carbons (Fsp3) is 0.429. The largest absolute Gasteiger partial charge is 0.464 e. The van der Waals surface area contributed by atoms with Gasteiger partial charge in [0.05, 0.1) is 11.8 Å². The van der Waals surface area contributed by atoms with E-state index in [4.69, 9.17) is 16.0 Å². The number of nitrogens with one attached hydrogen (secondary N) is 3. The van der Waals surface area contributed by atoms with E-state index in [2.05, 4.69) is 16.1 Å². The van der Waals surface area contributed by atoms with E-state index >= 15 is 0 Å². The van der Waals surface area contributed by atoms with E-state index in [1.165, 1.54) is 6.20 Å². The van der Waals surface area contributed by atoms with Gasteiger partial charge < -0.3 is 20.9 Å². The fourth-order valence-corrected chi connectivity index (χ4v) is 3.97. The van der Waals surface area contributed by atoms with Crippen LogP contribution in [0.2, 0.25) is 0 Å². The molecule has 0 saturated heterocycles. The molecule has 2 unspecified atom stereocenters.